The van der Waals surface area contributed by atoms with Crippen LogP contribution in [0.15, 0.2) is 48.5 Å². The van der Waals surface area contributed by atoms with Gasteiger partial charge in [0, 0.05) is 18.4 Å². The molecule has 0 aliphatic rings. The molecule has 0 amide bonds. The van der Waals surface area contributed by atoms with E-state index in [-0.39, 0.29) is 0 Å². The van der Waals surface area contributed by atoms with Gasteiger partial charge in [0.05, 0.1) is 5.56 Å². The molecule has 0 saturated carbocycles. The second kappa shape index (κ2) is 5.78. The quantitative estimate of drug-likeness (QED) is 0.900. The van der Waals surface area contributed by atoms with Crippen molar-refractivity contribution in [3.8, 4) is 0 Å². The molecule has 0 aromatic heterocycles. The van der Waals surface area contributed by atoms with Crippen LogP contribution in [0.4, 0.5) is 11.4 Å². The van der Waals surface area contributed by atoms with E-state index in [0.29, 0.717) is 11.5 Å². The molecule has 0 bridgehead atoms. The summed E-state index contributed by atoms with van der Waals surface area (Å²) >= 11 is 0. The van der Waals surface area contributed by atoms with Crippen molar-refractivity contribution in [2.24, 2.45) is 0 Å². The van der Waals surface area contributed by atoms with Crippen LogP contribution in [-0.4, -0.2) is 18.1 Å². The number of rotatable bonds is 4. The smallest absolute Gasteiger partial charge is 0.335 e. The van der Waals surface area contributed by atoms with Gasteiger partial charge in [-0.3, -0.25) is 0 Å². The first-order chi connectivity index (χ1) is 9.49. The van der Waals surface area contributed by atoms with Crippen molar-refractivity contribution in [3.05, 3.63) is 59.7 Å². The van der Waals surface area contributed by atoms with Crippen molar-refractivity contribution < 1.29 is 9.90 Å². The van der Waals surface area contributed by atoms with E-state index in [1.165, 1.54) is 5.56 Å². The highest BCUT2D eigenvalue weighted by Gasteiger charge is 2.07. The molecule has 20 heavy (non-hydrogen) atoms. The highest BCUT2D eigenvalue weighted by Crippen LogP contribution is 2.25. The van der Waals surface area contributed by atoms with Gasteiger partial charge in [-0.2, -0.15) is 0 Å². The molecule has 2 aromatic rings. The van der Waals surface area contributed by atoms with Crippen molar-refractivity contribution in [1.82, 2.24) is 0 Å². The highest BCUT2D eigenvalue weighted by atomic mass is 16.4. The maximum atomic E-state index is 10.8. The summed E-state index contributed by atoms with van der Waals surface area (Å²) in [4.78, 5) is 12.9. The van der Waals surface area contributed by atoms with Gasteiger partial charge in [0.2, 0.25) is 0 Å². The zero-order valence-electron chi connectivity index (χ0n) is 12.0. The van der Waals surface area contributed by atoms with E-state index in [2.05, 4.69) is 38.1 Å². The van der Waals surface area contributed by atoms with Crippen LogP contribution >= 0.6 is 0 Å². The lowest BCUT2D eigenvalue weighted by molar-refractivity contribution is 0.0697. The third-order valence-corrected chi connectivity index (χ3v) is 3.45. The number of hydrogen-bond acceptors (Lipinski definition) is 2. The zero-order valence-corrected chi connectivity index (χ0v) is 12.0. The normalized spacial score (nSPS) is 10.6. The Morgan fingerprint density at radius 2 is 1.40 bits per heavy atom. The molecule has 0 saturated heterocycles. The van der Waals surface area contributed by atoms with E-state index in [9.17, 15) is 4.79 Å². The van der Waals surface area contributed by atoms with Crippen LogP contribution in [0.1, 0.15) is 35.7 Å². The predicted molar refractivity (Wildman–Crippen MR) is 82.0 cm³/mol. The van der Waals surface area contributed by atoms with Gasteiger partial charge in [-0.25, -0.2) is 4.79 Å². The summed E-state index contributed by atoms with van der Waals surface area (Å²) in [5.41, 5.74) is 3.66. The number of carboxylic acids is 1. The van der Waals surface area contributed by atoms with Crippen molar-refractivity contribution in [3.63, 3.8) is 0 Å². The fraction of sp³-hybridized carbons (Fsp3) is 0.235. The first kappa shape index (κ1) is 14.1. The molecule has 0 spiro atoms. The molecule has 0 radical (unpaired) electrons. The number of nitrogens with zero attached hydrogens (tertiary/aromatic N) is 1. The summed E-state index contributed by atoms with van der Waals surface area (Å²) in [6.45, 7) is 4.34. The van der Waals surface area contributed by atoms with Gasteiger partial charge in [0.15, 0.2) is 0 Å². The van der Waals surface area contributed by atoms with Crippen molar-refractivity contribution in [2.45, 2.75) is 19.8 Å². The molecule has 3 heteroatoms. The Morgan fingerprint density at radius 1 is 0.950 bits per heavy atom. The monoisotopic (exact) mass is 269 g/mol. The molecule has 1 N–H and O–H groups in total. The lowest BCUT2D eigenvalue weighted by Gasteiger charge is -2.20. The molecule has 0 atom stereocenters. The SMILES string of the molecule is CC(C)c1ccc(N(C)c2ccc(C(=O)O)cc2)cc1. The van der Waals surface area contributed by atoms with Gasteiger partial charge in [0.1, 0.15) is 0 Å². The maximum absolute atomic E-state index is 10.8. The fourth-order valence-electron chi connectivity index (χ4n) is 2.06. The summed E-state index contributed by atoms with van der Waals surface area (Å²) in [6.07, 6.45) is 0. The van der Waals surface area contributed by atoms with Crippen LogP contribution in [0.2, 0.25) is 0 Å². The molecule has 2 aromatic carbocycles. The van der Waals surface area contributed by atoms with Gasteiger partial charge in [-0.05, 0) is 47.9 Å². The average Bonchev–Trinajstić information content (AvgIpc) is 2.46. The minimum atomic E-state index is -0.902. The van der Waals surface area contributed by atoms with Gasteiger partial charge in [0.25, 0.3) is 0 Å². The summed E-state index contributed by atoms with van der Waals surface area (Å²) in [5, 5.41) is 8.90. The molecule has 0 aliphatic heterocycles. The number of benzene rings is 2. The molecule has 3 nitrogen and oxygen atoms in total. The Hall–Kier alpha value is -2.29. The largest absolute Gasteiger partial charge is 0.478 e. The number of aromatic carboxylic acids is 1. The predicted octanol–water partition coefficient (Wildman–Crippen LogP) is 4.28. The van der Waals surface area contributed by atoms with E-state index in [0.717, 1.165) is 11.4 Å². The van der Waals surface area contributed by atoms with Crippen molar-refractivity contribution >= 4 is 17.3 Å². The van der Waals surface area contributed by atoms with Crippen LogP contribution in [-0.2, 0) is 0 Å². The van der Waals surface area contributed by atoms with Crippen LogP contribution in [0.3, 0.4) is 0 Å². The van der Waals surface area contributed by atoms with Crippen LogP contribution in [0.25, 0.3) is 0 Å². The second-order valence-electron chi connectivity index (χ2n) is 5.16. The molecule has 0 fully saturated rings. The van der Waals surface area contributed by atoms with Crippen molar-refractivity contribution in [2.75, 3.05) is 11.9 Å². The summed E-state index contributed by atoms with van der Waals surface area (Å²) < 4.78 is 0. The van der Waals surface area contributed by atoms with E-state index in [1.807, 2.05) is 24.1 Å². The van der Waals surface area contributed by atoms with Gasteiger partial charge >= 0.3 is 5.97 Å². The molecular formula is C17H19NO2. The molecule has 2 rings (SSSR count). The van der Waals surface area contributed by atoms with E-state index in [1.54, 1.807) is 12.1 Å². The Morgan fingerprint density at radius 3 is 1.80 bits per heavy atom. The molecular weight excluding hydrogens is 250 g/mol. The molecule has 0 aliphatic carbocycles. The lowest BCUT2D eigenvalue weighted by atomic mass is 10.0. The standard InChI is InChI=1S/C17H19NO2/c1-12(2)13-4-8-15(9-5-13)18(3)16-10-6-14(7-11-16)17(19)20/h4-12H,1-3H3,(H,19,20). The minimum absolute atomic E-state index is 0.303. The lowest BCUT2D eigenvalue weighted by Crippen LogP contribution is -2.09. The first-order valence-corrected chi connectivity index (χ1v) is 6.66. The van der Waals surface area contributed by atoms with Crippen LogP contribution < -0.4 is 4.90 Å². The van der Waals surface area contributed by atoms with Crippen molar-refractivity contribution in [1.29, 1.82) is 0 Å². The second-order valence-corrected chi connectivity index (χ2v) is 5.16. The summed E-state index contributed by atoms with van der Waals surface area (Å²) in [5.74, 6) is -0.385. The summed E-state index contributed by atoms with van der Waals surface area (Å²) in [6, 6.07) is 15.3. The third kappa shape index (κ3) is 2.99. The number of anilines is 2. The molecule has 104 valence electrons. The zero-order chi connectivity index (χ0) is 14.7. The number of carbonyl (C=O) groups is 1. The van der Waals surface area contributed by atoms with Gasteiger partial charge in [-0.15, -0.1) is 0 Å². The maximum Gasteiger partial charge on any atom is 0.335 e. The Bertz CT molecular complexity index is 585. The number of hydrogen-bond donors (Lipinski definition) is 1. The fourth-order valence-corrected chi connectivity index (χ4v) is 2.06. The van der Waals surface area contributed by atoms with Crippen LogP contribution in [0, 0.1) is 0 Å². The topological polar surface area (TPSA) is 40.5 Å². The first-order valence-electron chi connectivity index (χ1n) is 6.66. The molecule has 0 unspecified atom stereocenters. The third-order valence-electron chi connectivity index (χ3n) is 3.45. The van der Waals surface area contributed by atoms with Crippen LogP contribution in [0.5, 0.6) is 0 Å². The minimum Gasteiger partial charge on any atom is -0.478 e. The van der Waals surface area contributed by atoms with E-state index < -0.39 is 5.97 Å². The van der Waals surface area contributed by atoms with Gasteiger partial charge in [-0.1, -0.05) is 26.0 Å². The Balaban J connectivity index is 2.21. The van der Waals surface area contributed by atoms with E-state index >= 15 is 0 Å². The highest BCUT2D eigenvalue weighted by molar-refractivity contribution is 5.88. The number of carboxylic acid groups (broad SMARTS) is 1. The average molecular weight is 269 g/mol. The van der Waals surface area contributed by atoms with E-state index in [4.69, 9.17) is 5.11 Å². The Labute approximate surface area is 119 Å². The van der Waals surface area contributed by atoms with Gasteiger partial charge < -0.3 is 10.0 Å². The summed E-state index contributed by atoms with van der Waals surface area (Å²) in [7, 11) is 1.97. The Kier molecular flexibility index (Phi) is 4.08. The molecule has 0 heterocycles.